The minimum atomic E-state index is 0.565. The minimum Gasteiger partial charge on any atom is -0.463 e. The highest BCUT2D eigenvalue weighted by molar-refractivity contribution is 5.95. The maximum Gasteiger partial charge on any atom is 0.153 e. The maximum atomic E-state index is 10.6. The van der Waals surface area contributed by atoms with Crippen LogP contribution in [0.5, 0.6) is 0 Å². The van der Waals surface area contributed by atoms with Crippen LogP contribution >= 0.6 is 0 Å². The molecule has 72 valence electrons. The molecular weight excluding hydrogens is 178 g/mol. The van der Waals surface area contributed by atoms with Crippen molar-refractivity contribution in [2.24, 2.45) is 0 Å². The third-order valence-corrected chi connectivity index (χ3v) is 2.18. The second kappa shape index (κ2) is 3.62. The Morgan fingerprint density at radius 1 is 1.57 bits per heavy atom. The molecular formula is C11H11NO2. The van der Waals surface area contributed by atoms with Gasteiger partial charge in [-0.2, -0.15) is 0 Å². The molecule has 0 unspecified atom stereocenters. The van der Waals surface area contributed by atoms with Gasteiger partial charge < -0.3 is 4.42 Å². The van der Waals surface area contributed by atoms with Crippen LogP contribution in [0, 0.1) is 0 Å². The number of aromatic nitrogens is 1. The number of hydrogen-bond donors (Lipinski definition) is 0. The van der Waals surface area contributed by atoms with E-state index in [1.165, 1.54) is 6.26 Å². The second-order valence-electron chi connectivity index (χ2n) is 3.23. The van der Waals surface area contributed by atoms with Gasteiger partial charge in [0.05, 0.1) is 5.56 Å². The van der Waals surface area contributed by atoms with Crippen LogP contribution in [0.2, 0.25) is 0 Å². The summed E-state index contributed by atoms with van der Waals surface area (Å²) < 4.78 is 5.26. The first-order chi connectivity index (χ1) is 6.85. The topological polar surface area (TPSA) is 43.1 Å². The highest BCUT2D eigenvalue weighted by Crippen LogP contribution is 2.19. The van der Waals surface area contributed by atoms with Gasteiger partial charge in [0.2, 0.25) is 0 Å². The van der Waals surface area contributed by atoms with E-state index in [1.54, 1.807) is 6.20 Å². The molecule has 0 aliphatic heterocycles. The van der Waals surface area contributed by atoms with E-state index >= 15 is 0 Å². The summed E-state index contributed by atoms with van der Waals surface area (Å²) >= 11 is 0. The molecule has 2 aromatic heterocycles. The van der Waals surface area contributed by atoms with Gasteiger partial charge in [-0.1, -0.05) is 13.3 Å². The summed E-state index contributed by atoms with van der Waals surface area (Å²) in [5.74, 6) is 0. The van der Waals surface area contributed by atoms with Gasteiger partial charge >= 0.3 is 0 Å². The molecule has 0 fully saturated rings. The van der Waals surface area contributed by atoms with Gasteiger partial charge in [-0.05, 0) is 6.42 Å². The number of rotatable bonds is 3. The number of carbonyl (C=O) groups is 1. The lowest BCUT2D eigenvalue weighted by Gasteiger charge is -1.96. The Labute approximate surface area is 81.7 Å². The van der Waals surface area contributed by atoms with E-state index < -0.39 is 0 Å². The van der Waals surface area contributed by atoms with Crippen LogP contribution in [0.15, 0.2) is 22.9 Å². The quantitative estimate of drug-likeness (QED) is 0.697. The Bertz CT molecular complexity index is 459. The average molecular weight is 189 g/mol. The fourth-order valence-corrected chi connectivity index (χ4v) is 1.47. The zero-order valence-electron chi connectivity index (χ0n) is 7.99. The van der Waals surface area contributed by atoms with Crippen molar-refractivity contribution in [1.82, 2.24) is 4.98 Å². The molecule has 0 atom stereocenters. The first kappa shape index (κ1) is 8.94. The monoisotopic (exact) mass is 189 g/mol. The van der Waals surface area contributed by atoms with Gasteiger partial charge in [0, 0.05) is 23.3 Å². The van der Waals surface area contributed by atoms with E-state index in [-0.39, 0.29) is 0 Å². The third-order valence-electron chi connectivity index (χ3n) is 2.18. The molecule has 14 heavy (non-hydrogen) atoms. The molecule has 0 saturated carbocycles. The predicted molar refractivity (Wildman–Crippen MR) is 53.4 cm³/mol. The Kier molecular flexibility index (Phi) is 2.31. The zero-order valence-corrected chi connectivity index (χ0v) is 7.99. The summed E-state index contributed by atoms with van der Waals surface area (Å²) in [5.41, 5.74) is 2.31. The van der Waals surface area contributed by atoms with Crippen molar-refractivity contribution < 1.29 is 9.21 Å². The molecule has 3 nitrogen and oxygen atoms in total. The molecule has 0 bridgehead atoms. The molecule has 0 saturated heterocycles. The summed E-state index contributed by atoms with van der Waals surface area (Å²) in [6.45, 7) is 2.10. The van der Waals surface area contributed by atoms with Gasteiger partial charge in [-0.15, -0.1) is 0 Å². The SMILES string of the molecule is CCCc1cc2occ(C=O)c2cn1. The molecule has 0 aliphatic rings. The lowest BCUT2D eigenvalue weighted by Crippen LogP contribution is -1.87. The fourth-order valence-electron chi connectivity index (χ4n) is 1.47. The van der Waals surface area contributed by atoms with Crippen molar-refractivity contribution in [1.29, 1.82) is 0 Å². The Hall–Kier alpha value is -1.64. The molecule has 0 spiro atoms. The van der Waals surface area contributed by atoms with E-state index in [2.05, 4.69) is 11.9 Å². The number of aryl methyl sites for hydroxylation is 1. The fraction of sp³-hybridized carbons (Fsp3) is 0.273. The van der Waals surface area contributed by atoms with E-state index in [0.717, 1.165) is 35.8 Å². The Morgan fingerprint density at radius 3 is 3.14 bits per heavy atom. The molecule has 0 aliphatic carbocycles. The standard InChI is InChI=1S/C11H11NO2/c1-2-3-9-4-11-10(5-12-9)8(6-13)7-14-11/h4-7H,2-3H2,1H3. The minimum absolute atomic E-state index is 0.565. The van der Waals surface area contributed by atoms with Crippen molar-refractivity contribution >= 4 is 17.3 Å². The lowest BCUT2D eigenvalue weighted by molar-refractivity contribution is 0.112. The summed E-state index contributed by atoms with van der Waals surface area (Å²) in [6, 6.07) is 1.89. The van der Waals surface area contributed by atoms with Gasteiger partial charge in [0.1, 0.15) is 11.8 Å². The van der Waals surface area contributed by atoms with Crippen molar-refractivity contribution in [2.75, 3.05) is 0 Å². The molecule has 0 radical (unpaired) electrons. The lowest BCUT2D eigenvalue weighted by atomic mass is 10.2. The number of pyridine rings is 1. The Balaban J connectivity index is 2.51. The van der Waals surface area contributed by atoms with Crippen molar-refractivity contribution in [3.63, 3.8) is 0 Å². The van der Waals surface area contributed by atoms with Crippen molar-refractivity contribution in [3.8, 4) is 0 Å². The van der Waals surface area contributed by atoms with Crippen LogP contribution in [-0.4, -0.2) is 11.3 Å². The Morgan fingerprint density at radius 2 is 2.43 bits per heavy atom. The maximum absolute atomic E-state index is 10.6. The predicted octanol–water partition coefficient (Wildman–Crippen LogP) is 2.59. The van der Waals surface area contributed by atoms with Crippen LogP contribution in [0.1, 0.15) is 29.4 Å². The van der Waals surface area contributed by atoms with E-state index in [4.69, 9.17) is 4.42 Å². The number of fused-ring (bicyclic) bond motifs is 1. The molecule has 2 rings (SSSR count). The van der Waals surface area contributed by atoms with Crippen LogP contribution in [0.3, 0.4) is 0 Å². The van der Waals surface area contributed by atoms with E-state index in [1.807, 2.05) is 6.07 Å². The number of carbonyl (C=O) groups excluding carboxylic acids is 1. The summed E-state index contributed by atoms with van der Waals surface area (Å²) in [7, 11) is 0. The summed E-state index contributed by atoms with van der Waals surface area (Å²) in [4.78, 5) is 14.9. The second-order valence-corrected chi connectivity index (χ2v) is 3.23. The highest BCUT2D eigenvalue weighted by atomic mass is 16.3. The molecule has 0 amide bonds. The normalized spacial score (nSPS) is 10.6. The van der Waals surface area contributed by atoms with Gasteiger partial charge in [-0.3, -0.25) is 9.78 Å². The van der Waals surface area contributed by atoms with Crippen LogP contribution < -0.4 is 0 Å². The number of hydrogen-bond acceptors (Lipinski definition) is 3. The smallest absolute Gasteiger partial charge is 0.153 e. The van der Waals surface area contributed by atoms with Crippen LogP contribution in [0.25, 0.3) is 11.0 Å². The first-order valence-corrected chi connectivity index (χ1v) is 4.66. The van der Waals surface area contributed by atoms with E-state index in [9.17, 15) is 4.79 Å². The highest BCUT2D eigenvalue weighted by Gasteiger charge is 2.05. The third kappa shape index (κ3) is 1.41. The van der Waals surface area contributed by atoms with Crippen molar-refractivity contribution in [2.45, 2.75) is 19.8 Å². The molecule has 0 N–H and O–H groups in total. The van der Waals surface area contributed by atoms with E-state index in [0.29, 0.717) is 5.56 Å². The largest absolute Gasteiger partial charge is 0.463 e. The summed E-state index contributed by atoms with van der Waals surface area (Å²) in [6.07, 6.45) is 5.95. The average Bonchev–Trinajstić information content (AvgIpc) is 2.60. The first-order valence-electron chi connectivity index (χ1n) is 4.66. The molecule has 2 aromatic rings. The molecule has 2 heterocycles. The molecule has 0 aromatic carbocycles. The number of nitrogens with zero attached hydrogens (tertiary/aromatic N) is 1. The van der Waals surface area contributed by atoms with Gasteiger partial charge in [-0.25, -0.2) is 0 Å². The van der Waals surface area contributed by atoms with Gasteiger partial charge in [0.25, 0.3) is 0 Å². The van der Waals surface area contributed by atoms with Crippen LogP contribution in [-0.2, 0) is 6.42 Å². The van der Waals surface area contributed by atoms with Crippen LogP contribution in [0.4, 0.5) is 0 Å². The van der Waals surface area contributed by atoms with Gasteiger partial charge in [0.15, 0.2) is 6.29 Å². The zero-order chi connectivity index (χ0) is 9.97. The summed E-state index contributed by atoms with van der Waals surface area (Å²) in [5, 5.41) is 0.792. The molecule has 3 heteroatoms. The van der Waals surface area contributed by atoms with Crippen molar-refractivity contribution in [3.05, 3.63) is 29.8 Å². The number of furan rings is 1. The number of aldehydes is 1.